The van der Waals surface area contributed by atoms with Crippen molar-refractivity contribution in [2.24, 2.45) is 5.10 Å². The molecule has 0 radical (unpaired) electrons. The van der Waals surface area contributed by atoms with E-state index in [0.29, 0.717) is 5.56 Å². The van der Waals surface area contributed by atoms with Crippen LogP contribution in [0.4, 0.5) is 5.69 Å². The van der Waals surface area contributed by atoms with Crippen LogP contribution in [-0.4, -0.2) is 18.4 Å². The summed E-state index contributed by atoms with van der Waals surface area (Å²) in [5.74, 6) is 0.983. The van der Waals surface area contributed by atoms with E-state index in [2.05, 4.69) is 26.5 Å². The standard InChI is InChI=1S/C18H15BrN2O2/c1-23-15-6-4-14(5-7-15)21-20-11-17-16-8-3-13(19)10-12(16)2-9-18(17)22/h2-11,21-22H,1H3/b20-11+. The summed E-state index contributed by atoms with van der Waals surface area (Å²) in [6, 6.07) is 16.9. The Kier molecular flexibility index (Phi) is 4.48. The molecule has 0 bridgehead atoms. The Morgan fingerprint density at radius 2 is 1.87 bits per heavy atom. The van der Waals surface area contributed by atoms with Crippen molar-refractivity contribution in [1.82, 2.24) is 0 Å². The van der Waals surface area contributed by atoms with E-state index in [1.165, 1.54) is 0 Å². The van der Waals surface area contributed by atoms with Gasteiger partial charge in [0.25, 0.3) is 0 Å². The molecule has 0 heterocycles. The second-order valence-electron chi connectivity index (χ2n) is 4.96. The maximum atomic E-state index is 10.1. The highest BCUT2D eigenvalue weighted by Gasteiger charge is 2.05. The Bertz CT molecular complexity index is 861. The molecule has 2 N–H and O–H groups in total. The number of phenols is 1. The third-order valence-electron chi connectivity index (χ3n) is 3.48. The number of rotatable bonds is 4. The molecule has 0 saturated heterocycles. The van der Waals surface area contributed by atoms with Gasteiger partial charge in [-0.15, -0.1) is 0 Å². The van der Waals surface area contributed by atoms with Crippen LogP contribution in [0.1, 0.15) is 5.56 Å². The number of halogens is 1. The van der Waals surface area contributed by atoms with Gasteiger partial charge in [0.15, 0.2) is 0 Å². The monoisotopic (exact) mass is 370 g/mol. The normalized spacial score (nSPS) is 11.0. The Balaban J connectivity index is 1.86. The fraction of sp³-hybridized carbons (Fsp3) is 0.0556. The molecule has 0 aromatic heterocycles. The number of phenolic OH excluding ortho intramolecular Hbond substituents is 1. The van der Waals surface area contributed by atoms with Crippen molar-refractivity contribution in [2.75, 3.05) is 12.5 Å². The smallest absolute Gasteiger partial charge is 0.125 e. The number of hydrogen-bond donors (Lipinski definition) is 2. The number of fused-ring (bicyclic) bond motifs is 1. The molecule has 0 aliphatic rings. The number of hydrogen-bond acceptors (Lipinski definition) is 4. The summed E-state index contributed by atoms with van der Waals surface area (Å²) in [5, 5.41) is 16.3. The van der Waals surface area contributed by atoms with Crippen LogP contribution in [0, 0.1) is 0 Å². The number of hydrazone groups is 1. The highest BCUT2D eigenvalue weighted by Crippen LogP contribution is 2.28. The Hall–Kier alpha value is -2.53. The van der Waals surface area contributed by atoms with E-state index in [0.717, 1.165) is 26.7 Å². The van der Waals surface area contributed by atoms with Crippen molar-refractivity contribution < 1.29 is 9.84 Å². The highest BCUT2D eigenvalue weighted by molar-refractivity contribution is 9.10. The van der Waals surface area contributed by atoms with Gasteiger partial charge in [0.1, 0.15) is 11.5 Å². The molecule has 3 aromatic rings. The summed E-state index contributed by atoms with van der Waals surface area (Å²) >= 11 is 3.45. The SMILES string of the molecule is COc1ccc(N/N=C/c2c(O)ccc3cc(Br)ccc23)cc1. The molecule has 0 amide bonds. The van der Waals surface area contributed by atoms with E-state index >= 15 is 0 Å². The number of methoxy groups -OCH3 is 1. The quantitative estimate of drug-likeness (QED) is 0.514. The van der Waals surface area contributed by atoms with E-state index in [-0.39, 0.29) is 5.75 Å². The maximum Gasteiger partial charge on any atom is 0.125 e. The van der Waals surface area contributed by atoms with Crippen LogP contribution in [0.15, 0.2) is 64.2 Å². The van der Waals surface area contributed by atoms with Crippen LogP contribution >= 0.6 is 15.9 Å². The Morgan fingerprint density at radius 3 is 2.61 bits per heavy atom. The molecular weight excluding hydrogens is 356 g/mol. The molecule has 5 heteroatoms. The van der Waals surface area contributed by atoms with Crippen LogP contribution in [-0.2, 0) is 0 Å². The first-order valence-corrected chi connectivity index (χ1v) is 7.81. The average molecular weight is 371 g/mol. The van der Waals surface area contributed by atoms with Crippen LogP contribution in [0.3, 0.4) is 0 Å². The van der Waals surface area contributed by atoms with Crippen LogP contribution in [0.25, 0.3) is 10.8 Å². The lowest BCUT2D eigenvalue weighted by atomic mass is 10.0. The molecule has 0 atom stereocenters. The van der Waals surface area contributed by atoms with Gasteiger partial charge in [-0.3, -0.25) is 5.43 Å². The summed E-state index contributed by atoms with van der Waals surface area (Å²) in [6.45, 7) is 0. The van der Waals surface area contributed by atoms with Gasteiger partial charge < -0.3 is 9.84 Å². The molecule has 3 rings (SSSR count). The molecule has 116 valence electrons. The van der Waals surface area contributed by atoms with E-state index < -0.39 is 0 Å². The first-order valence-electron chi connectivity index (χ1n) is 7.02. The zero-order chi connectivity index (χ0) is 16.2. The Morgan fingerprint density at radius 1 is 1.09 bits per heavy atom. The molecule has 23 heavy (non-hydrogen) atoms. The van der Waals surface area contributed by atoms with E-state index in [1.54, 1.807) is 19.4 Å². The van der Waals surface area contributed by atoms with Crippen molar-refractivity contribution in [3.05, 3.63) is 64.6 Å². The van der Waals surface area contributed by atoms with E-state index in [9.17, 15) is 5.11 Å². The first-order chi connectivity index (χ1) is 11.2. The van der Waals surface area contributed by atoms with Crippen LogP contribution in [0.2, 0.25) is 0 Å². The second-order valence-corrected chi connectivity index (χ2v) is 5.88. The molecule has 0 fully saturated rings. The number of nitrogens with zero attached hydrogens (tertiary/aromatic N) is 1. The number of benzene rings is 3. The molecule has 4 nitrogen and oxygen atoms in total. The highest BCUT2D eigenvalue weighted by atomic mass is 79.9. The summed E-state index contributed by atoms with van der Waals surface area (Å²) in [5.41, 5.74) is 4.46. The molecule has 0 spiro atoms. The molecule has 0 saturated carbocycles. The van der Waals surface area contributed by atoms with Gasteiger partial charge in [0.2, 0.25) is 0 Å². The van der Waals surface area contributed by atoms with Gasteiger partial charge in [-0.25, -0.2) is 0 Å². The fourth-order valence-corrected chi connectivity index (χ4v) is 2.66. The van der Waals surface area contributed by atoms with Gasteiger partial charge >= 0.3 is 0 Å². The van der Waals surface area contributed by atoms with Gasteiger partial charge in [-0.05, 0) is 53.2 Å². The summed E-state index contributed by atoms with van der Waals surface area (Å²) in [6.07, 6.45) is 1.62. The lowest BCUT2D eigenvalue weighted by Gasteiger charge is -2.06. The largest absolute Gasteiger partial charge is 0.507 e. The summed E-state index contributed by atoms with van der Waals surface area (Å²) < 4.78 is 6.11. The minimum Gasteiger partial charge on any atom is -0.507 e. The van der Waals surface area contributed by atoms with Crippen molar-refractivity contribution in [1.29, 1.82) is 0 Å². The topological polar surface area (TPSA) is 53.8 Å². The molecule has 3 aromatic carbocycles. The molecule has 0 aliphatic carbocycles. The van der Waals surface area contributed by atoms with Crippen LogP contribution in [0.5, 0.6) is 11.5 Å². The van der Waals surface area contributed by atoms with Crippen molar-refractivity contribution in [3.8, 4) is 11.5 Å². The third kappa shape index (κ3) is 3.46. The zero-order valence-corrected chi connectivity index (χ0v) is 14.0. The number of nitrogens with one attached hydrogen (secondary N) is 1. The summed E-state index contributed by atoms with van der Waals surface area (Å²) in [7, 11) is 1.63. The predicted octanol–water partition coefficient (Wildman–Crippen LogP) is 4.76. The zero-order valence-electron chi connectivity index (χ0n) is 12.5. The van der Waals surface area contributed by atoms with Gasteiger partial charge in [-0.1, -0.05) is 28.1 Å². The fourth-order valence-electron chi connectivity index (χ4n) is 2.29. The van der Waals surface area contributed by atoms with Crippen molar-refractivity contribution in [2.45, 2.75) is 0 Å². The predicted molar refractivity (Wildman–Crippen MR) is 97.5 cm³/mol. The van der Waals surface area contributed by atoms with Gasteiger partial charge in [-0.2, -0.15) is 5.10 Å². The third-order valence-corrected chi connectivity index (χ3v) is 3.97. The van der Waals surface area contributed by atoms with E-state index in [1.807, 2.05) is 48.5 Å². The molecule has 0 unspecified atom stereocenters. The average Bonchev–Trinajstić information content (AvgIpc) is 2.57. The van der Waals surface area contributed by atoms with Crippen molar-refractivity contribution in [3.63, 3.8) is 0 Å². The molecular formula is C18H15BrN2O2. The maximum absolute atomic E-state index is 10.1. The molecule has 0 aliphatic heterocycles. The van der Waals surface area contributed by atoms with E-state index in [4.69, 9.17) is 4.74 Å². The number of anilines is 1. The van der Waals surface area contributed by atoms with Gasteiger partial charge in [0, 0.05) is 10.0 Å². The minimum absolute atomic E-state index is 0.195. The minimum atomic E-state index is 0.195. The lowest BCUT2D eigenvalue weighted by Crippen LogP contribution is -1.92. The lowest BCUT2D eigenvalue weighted by molar-refractivity contribution is 0.415. The second kappa shape index (κ2) is 6.71. The van der Waals surface area contributed by atoms with Gasteiger partial charge in [0.05, 0.1) is 19.0 Å². The summed E-state index contributed by atoms with van der Waals surface area (Å²) in [4.78, 5) is 0. The van der Waals surface area contributed by atoms with Crippen molar-refractivity contribution >= 4 is 38.6 Å². The van der Waals surface area contributed by atoms with Crippen LogP contribution < -0.4 is 10.2 Å². The first kappa shape index (κ1) is 15.4. The number of aromatic hydroxyl groups is 1. The Labute approximate surface area is 142 Å². The number of ether oxygens (including phenoxy) is 1.